The molecule has 2 heterocycles. The highest BCUT2D eigenvalue weighted by atomic mass is 16.5. The molecular formula is C14H18N4O2. The summed E-state index contributed by atoms with van der Waals surface area (Å²) in [5.41, 5.74) is 1.92. The summed E-state index contributed by atoms with van der Waals surface area (Å²) < 4.78 is 6.82. The van der Waals surface area contributed by atoms with E-state index in [0.29, 0.717) is 19.7 Å². The molecule has 0 aliphatic heterocycles. The van der Waals surface area contributed by atoms with Crippen molar-refractivity contribution in [1.82, 2.24) is 20.1 Å². The van der Waals surface area contributed by atoms with Crippen LogP contribution in [0.15, 0.2) is 36.8 Å². The number of carbonyl (C=O) groups is 1. The van der Waals surface area contributed by atoms with Crippen LogP contribution in [0.25, 0.3) is 11.3 Å². The van der Waals surface area contributed by atoms with Gasteiger partial charge in [0.15, 0.2) is 0 Å². The van der Waals surface area contributed by atoms with Crippen molar-refractivity contribution in [1.29, 1.82) is 0 Å². The second kappa shape index (κ2) is 7.40. The Hall–Kier alpha value is -2.21. The normalized spacial score (nSPS) is 10.4. The molecule has 2 aromatic heterocycles. The zero-order chi connectivity index (χ0) is 14.2. The van der Waals surface area contributed by atoms with Gasteiger partial charge in [-0.15, -0.1) is 0 Å². The number of amides is 1. The molecule has 2 rings (SSSR count). The zero-order valence-corrected chi connectivity index (χ0v) is 11.5. The van der Waals surface area contributed by atoms with Gasteiger partial charge in [-0.3, -0.25) is 14.5 Å². The number of ether oxygens (including phenoxy) is 1. The molecule has 0 unspecified atom stereocenters. The summed E-state index contributed by atoms with van der Waals surface area (Å²) >= 11 is 0. The molecule has 2 aromatic rings. The molecule has 0 aliphatic carbocycles. The molecule has 0 fully saturated rings. The fourth-order valence-electron chi connectivity index (χ4n) is 1.72. The molecule has 0 saturated heterocycles. The summed E-state index contributed by atoms with van der Waals surface area (Å²) in [6.45, 7) is 3.67. The van der Waals surface area contributed by atoms with Gasteiger partial charge in [0.1, 0.15) is 6.61 Å². The van der Waals surface area contributed by atoms with Crippen molar-refractivity contribution in [3.05, 3.63) is 36.8 Å². The summed E-state index contributed by atoms with van der Waals surface area (Å²) in [6, 6.07) is 5.77. The van der Waals surface area contributed by atoms with Crippen LogP contribution in [0.2, 0.25) is 0 Å². The molecule has 106 valence electrons. The minimum Gasteiger partial charge on any atom is -0.372 e. The molecule has 0 saturated carbocycles. The van der Waals surface area contributed by atoms with Gasteiger partial charge >= 0.3 is 0 Å². The largest absolute Gasteiger partial charge is 0.372 e. The summed E-state index contributed by atoms with van der Waals surface area (Å²) in [5, 5.41) is 7.23. The Morgan fingerprint density at radius 2 is 2.15 bits per heavy atom. The minimum absolute atomic E-state index is 0.103. The van der Waals surface area contributed by atoms with E-state index in [2.05, 4.69) is 15.4 Å². The Morgan fingerprint density at radius 1 is 1.35 bits per heavy atom. The second-order valence-electron chi connectivity index (χ2n) is 4.19. The highest BCUT2D eigenvalue weighted by Gasteiger charge is 2.03. The predicted octanol–water partition coefficient (Wildman–Crippen LogP) is 1.10. The molecule has 0 aromatic carbocycles. The lowest BCUT2D eigenvalue weighted by Gasteiger charge is -2.05. The lowest BCUT2D eigenvalue weighted by Crippen LogP contribution is -2.30. The summed E-state index contributed by atoms with van der Waals surface area (Å²) in [7, 11) is 0. The van der Waals surface area contributed by atoms with Crippen LogP contribution < -0.4 is 5.32 Å². The number of nitrogens with zero attached hydrogens (tertiary/aromatic N) is 3. The maximum absolute atomic E-state index is 11.3. The van der Waals surface area contributed by atoms with E-state index in [-0.39, 0.29) is 12.5 Å². The van der Waals surface area contributed by atoms with E-state index in [0.717, 1.165) is 11.3 Å². The van der Waals surface area contributed by atoms with Gasteiger partial charge in [0, 0.05) is 37.3 Å². The third-order valence-electron chi connectivity index (χ3n) is 2.72. The lowest BCUT2D eigenvalue weighted by atomic mass is 10.2. The Kier molecular flexibility index (Phi) is 5.25. The Morgan fingerprint density at radius 3 is 2.90 bits per heavy atom. The average molecular weight is 274 g/mol. The topological polar surface area (TPSA) is 69.0 Å². The van der Waals surface area contributed by atoms with E-state index >= 15 is 0 Å². The number of aromatic nitrogens is 3. The van der Waals surface area contributed by atoms with Crippen molar-refractivity contribution in [2.24, 2.45) is 0 Å². The first-order chi connectivity index (χ1) is 9.79. The predicted molar refractivity (Wildman–Crippen MR) is 75.0 cm³/mol. The van der Waals surface area contributed by atoms with E-state index < -0.39 is 0 Å². The standard InChI is InChI=1S/C14H18N4O2/c1-2-20-11-14(19)16-8-10-18-9-5-13(17-18)12-3-6-15-7-4-12/h3-7,9H,2,8,10-11H2,1H3,(H,16,19). The van der Waals surface area contributed by atoms with E-state index in [4.69, 9.17) is 4.74 Å². The van der Waals surface area contributed by atoms with E-state index in [9.17, 15) is 4.79 Å². The minimum atomic E-state index is -0.103. The van der Waals surface area contributed by atoms with Crippen LogP contribution in [0, 0.1) is 0 Å². The molecular weight excluding hydrogens is 256 g/mol. The van der Waals surface area contributed by atoms with Crippen molar-refractivity contribution in [2.75, 3.05) is 19.8 Å². The molecule has 6 nitrogen and oxygen atoms in total. The number of pyridine rings is 1. The number of carbonyl (C=O) groups excluding carboxylic acids is 1. The van der Waals surface area contributed by atoms with Crippen molar-refractivity contribution in [3.63, 3.8) is 0 Å². The molecule has 0 radical (unpaired) electrons. The SMILES string of the molecule is CCOCC(=O)NCCn1ccc(-c2ccncc2)n1. The quantitative estimate of drug-likeness (QED) is 0.821. The summed E-state index contributed by atoms with van der Waals surface area (Å²) in [6.07, 6.45) is 5.37. The van der Waals surface area contributed by atoms with Gasteiger partial charge < -0.3 is 10.1 Å². The molecule has 0 atom stereocenters. The van der Waals surface area contributed by atoms with Crippen LogP contribution in [0.4, 0.5) is 0 Å². The highest BCUT2D eigenvalue weighted by Crippen LogP contribution is 2.14. The molecule has 0 spiro atoms. The number of nitrogens with one attached hydrogen (secondary N) is 1. The van der Waals surface area contributed by atoms with Crippen molar-refractivity contribution in [3.8, 4) is 11.3 Å². The van der Waals surface area contributed by atoms with Gasteiger partial charge in [-0.2, -0.15) is 5.10 Å². The first kappa shape index (κ1) is 14.2. The maximum atomic E-state index is 11.3. The third-order valence-corrected chi connectivity index (χ3v) is 2.72. The fraction of sp³-hybridized carbons (Fsp3) is 0.357. The fourth-order valence-corrected chi connectivity index (χ4v) is 1.72. The van der Waals surface area contributed by atoms with Gasteiger partial charge in [-0.05, 0) is 25.1 Å². The van der Waals surface area contributed by atoms with Crippen LogP contribution in [0.3, 0.4) is 0 Å². The zero-order valence-electron chi connectivity index (χ0n) is 11.5. The molecule has 6 heteroatoms. The Bertz CT molecular complexity index is 539. The molecule has 20 heavy (non-hydrogen) atoms. The van der Waals surface area contributed by atoms with E-state index in [1.807, 2.05) is 31.3 Å². The van der Waals surface area contributed by atoms with Crippen LogP contribution in [-0.2, 0) is 16.1 Å². The van der Waals surface area contributed by atoms with Crippen molar-refractivity contribution >= 4 is 5.91 Å². The number of hydrogen-bond acceptors (Lipinski definition) is 4. The summed E-state index contributed by atoms with van der Waals surface area (Å²) in [5.74, 6) is -0.103. The van der Waals surface area contributed by atoms with Gasteiger partial charge in [0.2, 0.25) is 5.91 Å². The van der Waals surface area contributed by atoms with Crippen LogP contribution in [0.1, 0.15) is 6.92 Å². The summed E-state index contributed by atoms with van der Waals surface area (Å²) in [4.78, 5) is 15.3. The Labute approximate surface area is 117 Å². The molecule has 1 amide bonds. The number of hydrogen-bond donors (Lipinski definition) is 1. The first-order valence-electron chi connectivity index (χ1n) is 6.58. The smallest absolute Gasteiger partial charge is 0.246 e. The molecule has 1 N–H and O–H groups in total. The number of rotatable bonds is 7. The second-order valence-corrected chi connectivity index (χ2v) is 4.19. The van der Waals surface area contributed by atoms with Crippen LogP contribution in [0.5, 0.6) is 0 Å². The van der Waals surface area contributed by atoms with Crippen LogP contribution in [-0.4, -0.2) is 40.4 Å². The van der Waals surface area contributed by atoms with Gasteiger partial charge in [0.25, 0.3) is 0 Å². The highest BCUT2D eigenvalue weighted by molar-refractivity contribution is 5.77. The molecule has 0 bridgehead atoms. The third kappa shape index (κ3) is 4.17. The average Bonchev–Trinajstić information content (AvgIpc) is 2.95. The van der Waals surface area contributed by atoms with Gasteiger partial charge in [-0.1, -0.05) is 0 Å². The van der Waals surface area contributed by atoms with E-state index in [1.165, 1.54) is 0 Å². The molecule has 0 aliphatic rings. The first-order valence-corrected chi connectivity index (χ1v) is 6.58. The van der Waals surface area contributed by atoms with Crippen LogP contribution >= 0.6 is 0 Å². The van der Waals surface area contributed by atoms with Gasteiger partial charge in [-0.25, -0.2) is 0 Å². The van der Waals surface area contributed by atoms with Gasteiger partial charge in [0.05, 0.1) is 12.2 Å². The maximum Gasteiger partial charge on any atom is 0.246 e. The monoisotopic (exact) mass is 274 g/mol. The van der Waals surface area contributed by atoms with Crippen molar-refractivity contribution in [2.45, 2.75) is 13.5 Å². The Balaban J connectivity index is 1.80. The lowest BCUT2D eigenvalue weighted by molar-refractivity contribution is -0.125. The van der Waals surface area contributed by atoms with Crippen molar-refractivity contribution < 1.29 is 9.53 Å². The van der Waals surface area contributed by atoms with E-state index in [1.54, 1.807) is 17.1 Å².